The van der Waals surface area contributed by atoms with Gasteiger partial charge in [-0.1, -0.05) is 18.2 Å². The Morgan fingerprint density at radius 2 is 1.97 bits per heavy atom. The van der Waals surface area contributed by atoms with Crippen LogP contribution in [0.25, 0.3) is 0 Å². The van der Waals surface area contributed by atoms with E-state index in [1.165, 1.54) is 16.9 Å². The van der Waals surface area contributed by atoms with E-state index in [1.807, 2.05) is 6.07 Å². The van der Waals surface area contributed by atoms with Gasteiger partial charge in [-0.05, 0) is 25.0 Å². The summed E-state index contributed by atoms with van der Waals surface area (Å²) in [6.45, 7) is 1.09. The standard InChI is InChI=1S/C20H26N4O5/c1-29-13-17(25)23-10-11-24(20(28)14-6-3-2-4-7-14)16(12-23)19(27)22-15-8-5-9-21-18(15)26/h2-4,6-7,15-16H,5,8-13H2,1H3,(H,21,26)(H,22,27)/t15-,16+/m1/s1. The lowest BCUT2D eigenvalue weighted by Crippen LogP contribution is -2.63. The van der Waals surface area contributed by atoms with Gasteiger partial charge < -0.3 is 25.2 Å². The molecule has 2 aliphatic heterocycles. The maximum Gasteiger partial charge on any atom is 0.254 e. The summed E-state index contributed by atoms with van der Waals surface area (Å²) in [4.78, 5) is 53.3. The Hall–Kier alpha value is -2.94. The predicted octanol–water partition coefficient (Wildman–Crippen LogP) is -0.619. The molecule has 1 aromatic rings. The number of methoxy groups -OCH3 is 1. The topological polar surface area (TPSA) is 108 Å². The molecule has 2 atom stereocenters. The quantitative estimate of drug-likeness (QED) is 0.683. The van der Waals surface area contributed by atoms with Crippen LogP contribution in [0.3, 0.4) is 0 Å². The van der Waals surface area contributed by atoms with Gasteiger partial charge in [0.05, 0.1) is 6.54 Å². The molecule has 0 saturated carbocycles. The summed E-state index contributed by atoms with van der Waals surface area (Å²) >= 11 is 0. The molecule has 9 heteroatoms. The van der Waals surface area contributed by atoms with Gasteiger partial charge in [0.15, 0.2) is 0 Å². The van der Waals surface area contributed by atoms with E-state index in [9.17, 15) is 19.2 Å². The molecule has 3 rings (SSSR count). The molecular weight excluding hydrogens is 376 g/mol. The number of ether oxygens (including phenoxy) is 1. The second-order valence-electron chi connectivity index (χ2n) is 7.15. The smallest absolute Gasteiger partial charge is 0.254 e. The Labute approximate surface area is 169 Å². The van der Waals surface area contributed by atoms with Crippen LogP contribution in [0.4, 0.5) is 0 Å². The molecule has 2 N–H and O–H groups in total. The molecule has 2 heterocycles. The van der Waals surface area contributed by atoms with Crippen molar-refractivity contribution in [3.05, 3.63) is 35.9 Å². The van der Waals surface area contributed by atoms with Gasteiger partial charge in [0, 0.05) is 32.3 Å². The SMILES string of the molecule is COCC(=O)N1CCN(C(=O)c2ccccc2)[C@H](C(=O)N[C@@H]2CCCNC2=O)C1. The highest BCUT2D eigenvalue weighted by atomic mass is 16.5. The molecule has 1 aromatic carbocycles. The molecule has 0 aromatic heterocycles. The zero-order chi connectivity index (χ0) is 20.8. The van der Waals surface area contributed by atoms with Crippen molar-refractivity contribution in [2.45, 2.75) is 24.9 Å². The molecule has 0 unspecified atom stereocenters. The van der Waals surface area contributed by atoms with E-state index in [0.29, 0.717) is 25.1 Å². The summed E-state index contributed by atoms with van der Waals surface area (Å²) in [5.41, 5.74) is 0.470. The fraction of sp³-hybridized carbons (Fsp3) is 0.500. The van der Waals surface area contributed by atoms with Crippen LogP contribution in [0.2, 0.25) is 0 Å². The van der Waals surface area contributed by atoms with Gasteiger partial charge >= 0.3 is 0 Å². The molecule has 0 aliphatic carbocycles. The van der Waals surface area contributed by atoms with Crippen LogP contribution < -0.4 is 10.6 Å². The minimum absolute atomic E-state index is 0.0565. The third-order valence-electron chi connectivity index (χ3n) is 5.19. The lowest BCUT2D eigenvalue weighted by Gasteiger charge is -2.41. The number of piperidine rings is 1. The van der Waals surface area contributed by atoms with Crippen molar-refractivity contribution in [2.24, 2.45) is 0 Å². The average Bonchev–Trinajstić information content (AvgIpc) is 2.75. The number of carbonyl (C=O) groups is 4. The number of carbonyl (C=O) groups excluding carboxylic acids is 4. The van der Waals surface area contributed by atoms with E-state index >= 15 is 0 Å². The number of piperazine rings is 1. The summed E-state index contributed by atoms with van der Waals surface area (Å²) in [6.07, 6.45) is 1.32. The predicted molar refractivity (Wildman–Crippen MR) is 104 cm³/mol. The first-order chi connectivity index (χ1) is 14.0. The van der Waals surface area contributed by atoms with Crippen molar-refractivity contribution in [2.75, 3.05) is 39.9 Å². The number of amides is 4. The van der Waals surface area contributed by atoms with Gasteiger partial charge in [-0.2, -0.15) is 0 Å². The van der Waals surface area contributed by atoms with Crippen molar-refractivity contribution in [1.82, 2.24) is 20.4 Å². The average molecular weight is 402 g/mol. The number of hydrogen-bond acceptors (Lipinski definition) is 5. The van der Waals surface area contributed by atoms with E-state index in [-0.39, 0.29) is 37.4 Å². The van der Waals surface area contributed by atoms with Crippen LogP contribution in [0.15, 0.2) is 30.3 Å². The number of nitrogens with zero attached hydrogens (tertiary/aromatic N) is 2. The van der Waals surface area contributed by atoms with Gasteiger partial charge in [-0.15, -0.1) is 0 Å². The highest BCUT2D eigenvalue weighted by Gasteiger charge is 2.38. The monoisotopic (exact) mass is 402 g/mol. The molecule has 0 bridgehead atoms. The molecule has 156 valence electrons. The summed E-state index contributed by atoms with van der Waals surface area (Å²) in [5, 5.41) is 5.48. The van der Waals surface area contributed by atoms with Crippen LogP contribution in [-0.4, -0.2) is 85.4 Å². The van der Waals surface area contributed by atoms with Gasteiger partial charge in [-0.25, -0.2) is 0 Å². The van der Waals surface area contributed by atoms with Crippen molar-refractivity contribution in [3.63, 3.8) is 0 Å². The Morgan fingerprint density at radius 1 is 1.21 bits per heavy atom. The van der Waals surface area contributed by atoms with Crippen LogP contribution in [0.1, 0.15) is 23.2 Å². The molecule has 2 aliphatic rings. The molecule has 2 fully saturated rings. The van der Waals surface area contributed by atoms with Crippen molar-refractivity contribution in [1.29, 1.82) is 0 Å². The normalized spacial score (nSPS) is 22.0. The van der Waals surface area contributed by atoms with E-state index in [0.717, 1.165) is 6.42 Å². The van der Waals surface area contributed by atoms with Crippen LogP contribution >= 0.6 is 0 Å². The van der Waals surface area contributed by atoms with E-state index in [1.54, 1.807) is 24.3 Å². The molecule has 0 spiro atoms. The Balaban J connectivity index is 1.78. The minimum atomic E-state index is -0.882. The van der Waals surface area contributed by atoms with E-state index in [4.69, 9.17) is 4.74 Å². The van der Waals surface area contributed by atoms with E-state index in [2.05, 4.69) is 10.6 Å². The largest absolute Gasteiger partial charge is 0.375 e. The number of hydrogen-bond donors (Lipinski definition) is 2. The summed E-state index contributed by atoms with van der Waals surface area (Å²) in [5.74, 6) is -1.19. The van der Waals surface area contributed by atoms with Gasteiger partial charge in [0.1, 0.15) is 18.7 Å². The zero-order valence-electron chi connectivity index (χ0n) is 16.4. The maximum atomic E-state index is 13.0. The Bertz CT molecular complexity index is 769. The lowest BCUT2D eigenvalue weighted by atomic mass is 10.0. The zero-order valence-corrected chi connectivity index (χ0v) is 16.4. The first-order valence-electron chi connectivity index (χ1n) is 9.72. The fourth-order valence-electron chi connectivity index (χ4n) is 3.62. The first-order valence-corrected chi connectivity index (χ1v) is 9.72. The molecule has 2 saturated heterocycles. The second kappa shape index (κ2) is 9.51. The third kappa shape index (κ3) is 4.92. The lowest BCUT2D eigenvalue weighted by molar-refractivity contribution is -0.141. The maximum absolute atomic E-state index is 13.0. The molecule has 0 radical (unpaired) electrons. The summed E-state index contributed by atoms with van der Waals surface area (Å²) in [6, 6.07) is 7.19. The first kappa shape index (κ1) is 20.8. The van der Waals surface area contributed by atoms with E-state index < -0.39 is 18.0 Å². The molecule has 29 heavy (non-hydrogen) atoms. The van der Waals surface area contributed by atoms with Crippen LogP contribution in [0, 0.1) is 0 Å². The van der Waals surface area contributed by atoms with Crippen LogP contribution in [0.5, 0.6) is 0 Å². The van der Waals surface area contributed by atoms with Crippen molar-refractivity contribution in [3.8, 4) is 0 Å². The van der Waals surface area contributed by atoms with Gasteiger partial charge in [0.2, 0.25) is 17.7 Å². The summed E-state index contributed by atoms with van der Waals surface area (Å²) in [7, 11) is 1.43. The van der Waals surface area contributed by atoms with Crippen molar-refractivity contribution >= 4 is 23.6 Å². The Morgan fingerprint density at radius 3 is 2.66 bits per heavy atom. The molecule has 4 amide bonds. The van der Waals surface area contributed by atoms with Gasteiger partial charge in [0.25, 0.3) is 5.91 Å². The highest BCUT2D eigenvalue weighted by molar-refractivity contribution is 5.99. The van der Waals surface area contributed by atoms with Crippen LogP contribution in [-0.2, 0) is 19.1 Å². The number of rotatable bonds is 5. The van der Waals surface area contributed by atoms with Crippen molar-refractivity contribution < 1.29 is 23.9 Å². The third-order valence-corrected chi connectivity index (χ3v) is 5.19. The summed E-state index contributed by atoms with van der Waals surface area (Å²) < 4.78 is 4.91. The molecular formula is C20H26N4O5. The number of nitrogens with one attached hydrogen (secondary N) is 2. The molecule has 9 nitrogen and oxygen atoms in total. The second-order valence-corrected chi connectivity index (χ2v) is 7.15. The highest BCUT2D eigenvalue weighted by Crippen LogP contribution is 2.16. The Kier molecular flexibility index (Phi) is 6.82. The van der Waals surface area contributed by atoms with Gasteiger partial charge in [-0.3, -0.25) is 19.2 Å². The fourth-order valence-corrected chi connectivity index (χ4v) is 3.62. The number of benzene rings is 1. The minimum Gasteiger partial charge on any atom is -0.375 e.